The van der Waals surface area contributed by atoms with Crippen LogP contribution in [0, 0.1) is 23.7 Å². The van der Waals surface area contributed by atoms with Crippen molar-refractivity contribution >= 4 is 38.9 Å². The fraction of sp³-hybridized carbons (Fsp3) is 0.333. The fourth-order valence-corrected chi connectivity index (χ4v) is 13.5. The first-order valence-corrected chi connectivity index (χ1v) is 21.5. The van der Waals surface area contributed by atoms with E-state index in [0.29, 0.717) is 0 Å². The molecule has 6 aromatic carbocycles. The second kappa shape index (κ2) is 11.5. The highest BCUT2D eigenvalue weighted by Gasteiger charge is 2.61. The molecule has 0 aliphatic heterocycles. The lowest BCUT2D eigenvalue weighted by atomic mass is 9.43. The molecule has 278 valence electrons. The van der Waals surface area contributed by atoms with Crippen molar-refractivity contribution in [3.63, 3.8) is 0 Å². The van der Waals surface area contributed by atoms with Crippen molar-refractivity contribution in [2.45, 2.75) is 88.9 Å². The molecule has 0 amide bonds. The number of nitrogens with zero attached hydrogens (tertiary/aromatic N) is 2. The fourth-order valence-electron chi connectivity index (χ4n) is 13.5. The highest BCUT2D eigenvalue weighted by molar-refractivity contribution is 6.09. The van der Waals surface area contributed by atoms with Gasteiger partial charge in [-0.05, 0) is 167 Å². The predicted octanol–water partition coefficient (Wildman–Crippen LogP) is 14.3. The smallest absolute Gasteiger partial charge is 0.0541 e. The van der Waals surface area contributed by atoms with Gasteiger partial charge in [0.1, 0.15) is 0 Å². The lowest BCUT2D eigenvalue weighted by Gasteiger charge is -2.61. The normalized spacial score (nSPS) is 26.1. The van der Waals surface area contributed by atoms with Crippen LogP contribution in [0.1, 0.15) is 94.9 Å². The minimum Gasteiger partial charge on any atom is -0.310 e. The number of hydrogen-bond acceptors (Lipinski definition) is 1. The Balaban J connectivity index is 1.08. The molecule has 1 spiro atoms. The Morgan fingerprint density at radius 3 is 1.77 bits per heavy atom. The van der Waals surface area contributed by atoms with Gasteiger partial charge in [0.25, 0.3) is 0 Å². The predicted molar refractivity (Wildman–Crippen MR) is 234 cm³/mol. The molecule has 1 heterocycles. The number of benzene rings is 6. The molecule has 2 heteroatoms. The molecule has 13 rings (SSSR count). The highest BCUT2D eigenvalue weighted by Crippen LogP contribution is 2.69. The van der Waals surface area contributed by atoms with Crippen LogP contribution < -0.4 is 4.90 Å². The Labute approximate surface area is 332 Å². The largest absolute Gasteiger partial charge is 0.310 e. The van der Waals surface area contributed by atoms with E-state index in [0.717, 1.165) is 23.7 Å². The molecule has 1 aromatic heterocycles. The first kappa shape index (κ1) is 33.1. The van der Waals surface area contributed by atoms with Gasteiger partial charge in [-0.25, -0.2) is 0 Å². The van der Waals surface area contributed by atoms with E-state index in [1.807, 2.05) is 0 Å². The molecule has 0 unspecified atom stereocenters. The number of para-hydroxylation sites is 2. The molecule has 0 radical (unpaired) electrons. The zero-order valence-corrected chi connectivity index (χ0v) is 33.4. The molecule has 4 bridgehead atoms. The van der Waals surface area contributed by atoms with Gasteiger partial charge in [0.15, 0.2) is 0 Å². The van der Waals surface area contributed by atoms with Gasteiger partial charge in [0, 0.05) is 33.2 Å². The molecular weight excluding hydrogens is 677 g/mol. The van der Waals surface area contributed by atoms with Crippen LogP contribution in [0.25, 0.3) is 38.6 Å². The standard InChI is InChI=1S/C54H52N2/c1-52(2)26-27-53(3,4)51-46(52)16-11-19-50(51)55(38-20-22-39(23-21-38)56-48-17-9-6-13-43(48)44-14-7-10-18-49(44)56)40-24-25-42-41-12-5-8-15-45(41)54(47(42)33-40)36-29-34-28-35(31-36)32-37(54)30-34/h5-25,33-37H,26-32H2,1-4H3. The molecule has 56 heavy (non-hydrogen) atoms. The molecule has 7 aromatic rings. The van der Waals surface area contributed by atoms with Gasteiger partial charge in [-0.1, -0.05) is 107 Å². The van der Waals surface area contributed by atoms with Crippen LogP contribution in [0.5, 0.6) is 0 Å². The van der Waals surface area contributed by atoms with Crippen molar-refractivity contribution in [1.82, 2.24) is 4.57 Å². The Morgan fingerprint density at radius 1 is 0.500 bits per heavy atom. The van der Waals surface area contributed by atoms with Crippen LogP contribution in [0.3, 0.4) is 0 Å². The Bertz CT molecular complexity index is 2640. The molecule has 0 atom stereocenters. The summed E-state index contributed by atoms with van der Waals surface area (Å²) >= 11 is 0. The lowest BCUT2D eigenvalue weighted by molar-refractivity contribution is -0.0399. The Hall–Kier alpha value is -5.08. The molecule has 4 fully saturated rings. The van der Waals surface area contributed by atoms with Crippen LogP contribution in [0.15, 0.2) is 133 Å². The number of rotatable bonds is 4. The third-order valence-corrected chi connectivity index (χ3v) is 15.8. The van der Waals surface area contributed by atoms with E-state index in [4.69, 9.17) is 0 Å². The Morgan fingerprint density at radius 2 is 1.07 bits per heavy atom. The van der Waals surface area contributed by atoms with Gasteiger partial charge >= 0.3 is 0 Å². The summed E-state index contributed by atoms with van der Waals surface area (Å²) < 4.78 is 2.44. The first-order chi connectivity index (χ1) is 27.2. The second-order valence-electron chi connectivity index (χ2n) is 19.6. The summed E-state index contributed by atoms with van der Waals surface area (Å²) in [5.74, 6) is 3.32. The van der Waals surface area contributed by atoms with Crippen LogP contribution in [-0.4, -0.2) is 4.57 Å². The van der Waals surface area contributed by atoms with Crippen molar-refractivity contribution in [2.24, 2.45) is 23.7 Å². The molecule has 6 aliphatic carbocycles. The van der Waals surface area contributed by atoms with Crippen LogP contribution in [0.2, 0.25) is 0 Å². The van der Waals surface area contributed by atoms with E-state index >= 15 is 0 Å². The number of hydrogen-bond donors (Lipinski definition) is 0. The first-order valence-electron chi connectivity index (χ1n) is 21.5. The van der Waals surface area contributed by atoms with E-state index in [1.54, 1.807) is 11.1 Å². The maximum atomic E-state index is 2.68. The maximum absolute atomic E-state index is 2.68. The summed E-state index contributed by atoms with van der Waals surface area (Å²) in [4.78, 5) is 2.64. The van der Waals surface area contributed by atoms with E-state index < -0.39 is 0 Å². The number of fused-ring (bicyclic) bond motifs is 7. The minimum atomic E-state index is 0.0538. The Kier molecular flexibility index (Phi) is 6.80. The zero-order valence-electron chi connectivity index (χ0n) is 33.4. The summed E-state index contributed by atoms with van der Waals surface area (Å²) in [7, 11) is 0. The van der Waals surface area contributed by atoms with Crippen LogP contribution in [0.4, 0.5) is 17.1 Å². The third kappa shape index (κ3) is 4.39. The van der Waals surface area contributed by atoms with E-state index in [-0.39, 0.29) is 16.2 Å². The van der Waals surface area contributed by atoms with Gasteiger partial charge in [0.05, 0.1) is 16.7 Å². The van der Waals surface area contributed by atoms with Gasteiger partial charge in [-0.15, -0.1) is 0 Å². The third-order valence-electron chi connectivity index (χ3n) is 15.8. The van der Waals surface area contributed by atoms with Crippen molar-refractivity contribution in [1.29, 1.82) is 0 Å². The monoisotopic (exact) mass is 728 g/mol. The van der Waals surface area contributed by atoms with Crippen molar-refractivity contribution in [3.8, 4) is 16.8 Å². The van der Waals surface area contributed by atoms with E-state index in [1.165, 1.54) is 112 Å². The van der Waals surface area contributed by atoms with E-state index in [9.17, 15) is 0 Å². The van der Waals surface area contributed by atoms with Gasteiger partial charge in [0.2, 0.25) is 0 Å². The van der Waals surface area contributed by atoms with Crippen LogP contribution in [-0.2, 0) is 16.2 Å². The number of aromatic nitrogens is 1. The zero-order chi connectivity index (χ0) is 37.6. The molecule has 0 N–H and O–H groups in total. The van der Waals surface area contributed by atoms with Crippen molar-refractivity contribution in [2.75, 3.05) is 4.90 Å². The molecule has 6 aliphatic rings. The number of anilines is 3. The SMILES string of the molecule is CC1(C)CCC(C)(C)c2c(N(c3ccc(-n4c5ccccc5c5ccccc54)cc3)c3ccc4c(c3)C3(c5ccccc5-4)C4CC5CC(C4)CC3C5)cccc21. The van der Waals surface area contributed by atoms with Crippen molar-refractivity contribution < 1.29 is 0 Å². The molecule has 0 saturated heterocycles. The second-order valence-corrected chi connectivity index (χ2v) is 19.6. The summed E-state index contributed by atoms with van der Waals surface area (Å²) in [5.41, 5.74) is 17.1. The lowest BCUT2D eigenvalue weighted by Crippen LogP contribution is -2.55. The minimum absolute atomic E-state index is 0.0538. The summed E-state index contributed by atoms with van der Waals surface area (Å²) in [6.07, 6.45) is 9.44. The summed E-state index contributed by atoms with van der Waals surface area (Å²) in [6, 6.07) is 51.5. The topological polar surface area (TPSA) is 8.17 Å². The van der Waals surface area contributed by atoms with Crippen LogP contribution >= 0.6 is 0 Å². The van der Waals surface area contributed by atoms with Gasteiger partial charge in [-0.3, -0.25) is 0 Å². The molecule has 2 nitrogen and oxygen atoms in total. The van der Waals surface area contributed by atoms with Gasteiger partial charge in [-0.2, -0.15) is 0 Å². The maximum Gasteiger partial charge on any atom is 0.0541 e. The molecule has 4 saturated carbocycles. The average molecular weight is 729 g/mol. The highest BCUT2D eigenvalue weighted by atomic mass is 15.1. The summed E-state index contributed by atoms with van der Waals surface area (Å²) in [6.45, 7) is 9.88. The van der Waals surface area contributed by atoms with Gasteiger partial charge < -0.3 is 9.47 Å². The quantitative estimate of drug-likeness (QED) is 0.175. The van der Waals surface area contributed by atoms with Crippen molar-refractivity contribution in [3.05, 3.63) is 156 Å². The molecular formula is C54H52N2. The average Bonchev–Trinajstić information content (AvgIpc) is 3.70. The van der Waals surface area contributed by atoms with E-state index in [2.05, 4.69) is 171 Å². The summed E-state index contributed by atoms with van der Waals surface area (Å²) in [5, 5.41) is 2.60.